The van der Waals surface area contributed by atoms with Gasteiger partial charge in [-0.25, -0.2) is 0 Å². The highest BCUT2D eigenvalue weighted by Crippen LogP contribution is 2.21. The molecule has 0 amide bonds. The number of nitro groups is 1. The maximum Gasteiger partial charge on any atom is 0.269 e. The second-order valence-corrected chi connectivity index (χ2v) is 4.74. The molecule has 1 aromatic heterocycles. The lowest BCUT2D eigenvalue weighted by Crippen LogP contribution is -2.22. The number of benzene rings is 1. The van der Waals surface area contributed by atoms with Crippen LogP contribution in [-0.2, 0) is 0 Å². The van der Waals surface area contributed by atoms with Crippen LogP contribution in [0.4, 0.5) is 5.69 Å². The van der Waals surface area contributed by atoms with Gasteiger partial charge in [-0.15, -0.1) is 0 Å². The van der Waals surface area contributed by atoms with Gasteiger partial charge < -0.3 is 5.32 Å². The van der Waals surface area contributed by atoms with Crippen molar-refractivity contribution in [3.63, 3.8) is 0 Å². The van der Waals surface area contributed by atoms with Crippen LogP contribution in [0.1, 0.15) is 37.1 Å². The Morgan fingerprint density at radius 1 is 1.00 bits per heavy atom. The number of hydrogen-bond acceptors (Lipinski definition) is 4. The van der Waals surface area contributed by atoms with Gasteiger partial charge in [0.15, 0.2) is 0 Å². The molecule has 2 atom stereocenters. The third kappa shape index (κ3) is 3.39. The molecule has 2 rings (SSSR count). The molecule has 5 heteroatoms. The van der Waals surface area contributed by atoms with Gasteiger partial charge in [-0.05, 0) is 37.1 Å². The number of pyridine rings is 1. The zero-order valence-electron chi connectivity index (χ0n) is 11.5. The molecule has 0 saturated carbocycles. The lowest BCUT2D eigenvalue weighted by molar-refractivity contribution is -0.384. The van der Waals surface area contributed by atoms with E-state index in [0.29, 0.717) is 0 Å². The Bertz CT molecular complexity index is 569. The fraction of sp³-hybridized carbons (Fsp3) is 0.267. The SMILES string of the molecule is CC(N[C@@H](C)c1ccncc1)c1ccc([N+](=O)[O-])cc1. The van der Waals surface area contributed by atoms with Gasteiger partial charge in [0.1, 0.15) is 0 Å². The molecule has 0 bridgehead atoms. The van der Waals surface area contributed by atoms with E-state index >= 15 is 0 Å². The van der Waals surface area contributed by atoms with Crippen LogP contribution in [0.2, 0.25) is 0 Å². The van der Waals surface area contributed by atoms with Crippen molar-refractivity contribution in [2.45, 2.75) is 25.9 Å². The van der Waals surface area contributed by atoms with Gasteiger partial charge in [0, 0.05) is 36.6 Å². The van der Waals surface area contributed by atoms with Crippen LogP contribution < -0.4 is 5.32 Å². The largest absolute Gasteiger partial charge is 0.304 e. The molecule has 1 heterocycles. The zero-order chi connectivity index (χ0) is 14.5. The summed E-state index contributed by atoms with van der Waals surface area (Å²) in [4.78, 5) is 14.2. The predicted molar refractivity (Wildman–Crippen MR) is 77.3 cm³/mol. The molecule has 0 saturated heterocycles. The Labute approximate surface area is 117 Å². The predicted octanol–water partition coefficient (Wildman–Crippen LogP) is 3.40. The zero-order valence-corrected chi connectivity index (χ0v) is 11.5. The van der Waals surface area contributed by atoms with Crippen molar-refractivity contribution in [2.75, 3.05) is 0 Å². The maximum absolute atomic E-state index is 10.6. The summed E-state index contributed by atoms with van der Waals surface area (Å²) in [5.74, 6) is 0. The van der Waals surface area contributed by atoms with Crippen LogP contribution in [0.25, 0.3) is 0 Å². The van der Waals surface area contributed by atoms with Crippen molar-refractivity contribution in [1.29, 1.82) is 0 Å². The van der Waals surface area contributed by atoms with Gasteiger partial charge >= 0.3 is 0 Å². The molecule has 1 unspecified atom stereocenters. The van der Waals surface area contributed by atoms with E-state index in [4.69, 9.17) is 0 Å². The molecule has 0 fully saturated rings. The first kappa shape index (κ1) is 14.1. The molecule has 0 aliphatic carbocycles. The highest BCUT2D eigenvalue weighted by atomic mass is 16.6. The van der Waals surface area contributed by atoms with Gasteiger partial charge in [0.2, 0.25) is 0 Å². The standard InChI is InChI=1S/C15H17N3O2/c1-11(13-3-5-15(6-4-13)18(19)20)17-12(2)14-7-9-16-10-8-14/h3-12,17H,1-2H3/t11?,12-/m0/s1. The molecule has 0 radical (unpaired) electrons. The normalized spacial score (nSPS) is 13.7. The van der Waals surface area contributed by atoms with E-state index < -0.39 is 0 Å². The van der Waals surface area contributed by atoms with Crippen LogP contribution in [0.5, 0.6) is 0 Å². The number of rotatable bonds is 5. The van der Waals surface area contributed by atoms with E-state index in [1.54, 1.807) is 24.5 Å². The summed E-state index contributed by atoms with van der Waals surface area (Å²) in [5, 5.41) is 14.1. The molecular formula is C15H17N3O2. The van der Waals surface area contributed by atoms with Crippen LogP contribution >= 0.6 is 0 Å². The summed E-state index contributed by atoms with van der Waals surface area (Å²) in [5.41, 5.74) is 2.30. The number of nitro benzene ring substituents is 1. The monoisotopic (exact) mass is 271 g/mol. The molecular weight excluding hydrogens is 254 g/mol. The fourth-order valence-corrected chi connectivity index (χ4v) is 2.10. The molecule has 104 valence electrons. The van der Waals surface area contributed by atoms with E-state index in [1.807, 2.05) is 19.1 Å². The molecule has 0 aliphatic heterocycles. The molecule has 5 nitrogen and oxygen atoms in total. The Morgan fingerprint density at radius 3 is 2.00 bits per heavy atom. The minimum atomic E-state index is -0.387. The minimum absolute atomic E-state index is 0.110. The molecule has 1 N–H and O–H groups in total. The molecule has 0 spiro atoms. The van der Waals surface area contributed by atoms with Crippen LogP contribution in [-0.4, -0.2) is 9.91 Å². The number of hydrogen-bond donors (Lipinski definition) is 1. The van der Waals surface area contributed by atoms with Gasteiger partial charge in [0.25, 0.3) is 5.69 Å². The van der Waals surface area contributed by atoms with Crippen molar-refractivity contribution >= 4 is 5.69 Å². The summed E-state index contributed by atoms with van der Waals surface area (Å²) in [6, 6.07) is 10.9. The molecule has 0 aliphatic rings. The maximum atomic E-state index is 10.6. The average Bonchev–Trinajstić information content (AvgIpc) is 2.48. The second kappa shape index (κ2) is 6.25. The summed E-state index contributed by atoms with van der Waals surface area (Å²) in [6.45, 7) is 4.12. The molecule has 1 aromatic carbocycles. The first-order chi connectivity index (χ1) is 9.58. The molecule has 2 aromatic rings. The van der Waals surface area contributed by atoms with Crippen molar-refractivity contribution < 1.29 is 4.92 Å². The number of nitrogens with one attached hydrogen (secondary N) is 1. The number of nitrogens with zero attached hydrogens (tertiary/aromatic N) is 2. The van der Waals surface area contributed by atoms with E-state index in [1.165, 1.54) is 12.1 Å². The Kier molecular flexibility index (Phi) is 4.42. The second-order valence-electron chi connectivity index (χ2n) is 4.74. The van der Waals surface area contributed by atoms with Crippen LogP contribution in [0, 0.1) is 10.1 Å². The Hall–Kier alpha value is -2.27. The lowest BCUT2D eigenvalue weighted by Gasteiger charge is -2.20. The minimum Gasteiger partial charge on any atom is -0.304 e. The smallest absolute Gasteiger partial charge is 0.269 e. The van der Waals surface area contributed by atoms with Crippen LogP contribution in [0.15, 0.2) is 48.8 Å². The fourth-order valence-electron chi connectivity index (χ4n) is 2.10. The molecule has 20 heavy (non-hydrogen) atoms. The van der Waals surface area contributed by atoms with Crippen molar-refractivity contribution in [3.8, 4) is 0 Å². The van der Waals surface area contributed by atoms with E-state index in [9.17, 15) is 10.1 Å². The summed E-state index contributed by atoms with van der Waals surface area (Å²) >= 11 is 0. The highest BCUT2D eigenvalue weighted by Gasteiger charge is 2.12. The first-order valence-electron chi connectivity index (χ1n) is 6.48. The summed E-state index contributed by atoms with van der Waals surface area (Å²) < 4.78 is 0. The van der Waals surface area contributed by atoms with E-state index in [-0.39, 0.29) is 22.7 Å². The van der Waals surface area contributed by atoms with Crippen molar-refractivity contribution in [2.24, 2.45) is 0 Å². The van der Waals surface area contributed by atoms with Crippen molar-refractivity contribution in [1.82, 2.24) is 10.3 Å². The van der Waals surface area contributed by atoms with Gasteiger partial charge in [-0.3, -0.25) is 15.1 Å². The third-order valence-electron chi connectivity index (χ3n) is 3.31. The average molecular weight is 271 g/mol. The first-order valence-corrected chi connectivity index (χ1v) is 6.48. The van der Waals surface area contributed by atoms with Crippen molar-refractivity contribution in [3.05, 3.63) is 70.0 Å². The highest BCUT2D eigenvalue weighted by molar-refractivity contribution is 5.34. The van der Waals surface area contributed by atoms with Gasteiger partial charge in [-0.1, -0.05) is 12.1 Å². The Balaban J connectivity index is 2.04. The van der Waals surface area contributed by atoms with Crippen LogP contribution in [0.3, 0.4) is 0 Å². The van der Waals surface area contributed by atoms with E-state index in [0.717, 1.165) is 11.1 Å². The third-order valence-corrected chi connectivity index (χ3v) is 3.31. The summed E-state index contributed by atoms with van der Waals surface area (Å²) in [7, 11) is 0. The topological polar surface area (TPSA) is 68.1 Å². The lowest BCUT2D eigenvalue weighted by atomic mass is 10.0. The summed E-state index contributed by atoms with van der Waals surface area (Å²) in [6.07, 6.45) is 3.54. The van der Waals surface area contributed by atoms with Gasteiger partial charge in [0.05, 0.1) is 4.92 Å². The van der Waals surface area contributed by atoms with Gasteiger partial charge in [-0.2, -0.15) is 0 Å². The Morgan fingerprint density at radius 2 is 1.50 bits per heavy atom. The number of non-ortho nitro benzene ring substituents is 1. The number of aromatic nitrogens is 1. The van der Waals surface area contributed by atoms with E-state index in [2.05, 4.69) is 17.2 Å². The quantitative estimate of drug-likeness (QED) is 0.668.